The van der Waals surface area contributed by atoms with E-state index in [9.17, 15) is 13.2 Å². The average molecular weight is 266 g/mol. The van der Waals surface area contributed by atoms with E-state index in [-0.39, 0.29) is 18.4 Å². The molecule has 2 heterocycles. The molecule has 2 fully saturated rings. The van der Waals surface area contributed by atoms with E-state index in [1.54, 1.807) is 0 Å². The summed E-state index contributed by atoms with van der Waals surface area (Å²) >= 11 is 0. The first-order valence-corrected chi connectivity index (χ1v) is 6.53. The summed E-state index contributed by atoms with van der Waals surface area (Å²) in [6, 6.07) is 0. The number of hydrogen-bond donors (Lipinski definition) is 1. The van der Waals surface area contributed by atoms with Gasteiger partial charge in [0.25, 0.3) is 0 Å². The number of hydrogen-bond acceptors (Lipinski definition) is 3. The molecule has 0 saturated carbocycles. The van der Waals surface area contributed by atoms with Gasteiger partial charge >= 0.3 is 6.18 Å². The van der Waals surface area contributed by atoms with E-state index in [2.05, 4.69) is 17.1 Å². The molecule has 0 aliphatic carbocycles. The van der Waals surface area contributed by atoms with Crippen LogP contribution in [0.5, 0.6) is 0 Å². The smallest absolute Gasteiger partial charge is 0.371 e. The minimum Gasteiger partial charge on any atom is -0.371 e. The van der Waals surface area contributed by atoms with E-state index in [1.165, 1.54) is 0 Å². The second-order valence-electron chi connectivity index (χ2n) is 5.56. The molecule has 0 aromatic carbocycles. The van der Waals surface area contributed by atoms with E-state index in [0.717, 1.165) is 19.6 Å². The van der Waals surface area contributed by atoms with Crippen molar-refractivity contribution in [3.05, 3.63) is 0 Å². The fourth-order valence-electron chi connectivity index (χ4n) is 2.48. The number of likely N-dealkylation sites (tertiary alicyclic amines) is 1. The predicted molar refractivity (Wildman–Crippen MR) is 62.4 cm³/mol. The third-order valence-corrected chi connectivity index (χ3v) is 3.91. The van der Waals surface area contributed by atoms with E-state index in [4.69, 9.17) is 4.74 Å². The first kappa shape index (κ1) is 14.1. The van der Waals surface area contributed by atoms with Crippen LogP contribution in [-0.2, 0) is 4.74 Å². The summed E-state index contributed by atoms with van der Waals surface area (Å²) in [7, 11) is 0. The van der Waals surface area contributed by atoms with Crippen molar-refractivity contribution in [2.24, 2.45) is 5.92 Å². The Balaban J connectivity index is 1.62. The Morgan fingerprint density at radius 2 is 1.89 bits per heavy atom. The summed E-state index contributed by atoms with van der Waals surface area (Å²) in [5.41, 5.74) is -0.0652. The molecule has 0 aromatic rings. The lowest BCUT2D eigenvalue weighted by molar-refractivity contribution is -0.185. The van der Waals surface area contributed by atoms with Gasteiger partial charge in [0.2, 0.25) is 0 Å². The first-order chi connectivity index (χ1) is 8.39. The minimum absolute atomic E-state index is 0.0652. The Kier molecular flexibility index (Phi) is 4.18. The normalized spacial score (nSPS) is 26.0. The maximum atomic E-state index is 12.5. The molecule has 0 bridgehead atoms. The number of nitrogens with zero attached hydrogens (tertiary/aromatic N) is 1. The number of rotatable bonds is 4. The molecule has 2 saturated heterocycles. The van der Waals surface area contributed by atoms with Gasteiger partial charge < -0.3 is 15.0 Å². The molecule has 0 amide bonds. The Bertz CT molecular complexity index is 271. The molecule has 0 unspecified atom stereocenters. The van der Waals surface area contributed by atoms with Crippen LogP contribution in [0, 0.1) is 5.92 Å². The van der Waals surface area contributed by atoms with E-state index in [1.807, 2.05) is 0 Å². The second-order valence-corrected chi connectivity index (χ2v) is 5.56. The topological polar surface area (TPSA) is 24.5 Å². The quantitative estimate of drug-likeness (QED) is 0.837. The van der Waals surface area contributed by atoms with Crippen LogP contribution in [0.15, 0.2) is 0 Å². The van der Waals surface area contributed by atoms with Crippen LogP contribution in [0.25, 0.3) is 0 Å². The molecular formula is C12H21F3N2O. The number of nitrogens with one attached hydrogen (secondary N) is 1. The van der Waals surface area contributed by atoms with Gasteiger partial charge in [0.05, 0.1) is 18.1 Å². The number of ether oxygens (including phenoxy) is 1. The van der Waals surface area contributed by atoms with Crippen molar-refractivity contribution in [2.75, 3.05) is 39.3 Å². The maximum Gasteiger partial charge on any atom is 0.391 e. The van der Waals surface area contributed by atoms with Crippen molar-refractivity contribution >= 4 is 0 Å². The lowest BCUT2D eigenvalue weighted by Crippen LogP contribution is -2.59. The van der Waals surface area contributed by atoms with Crippen LogP contribution < -0.4 is 5.32 Å². The highest BCUT2D eigenvalue weighted by Gasteiger charge is 2.41. The predicted octanol–water partition coefficient (Wildman–Crippen LogP) is 1.64. The van der Waals surface area contributed by atoms with Gasteiger partial charge in [-0.25, -0.2) is 0 Å². The van der Waals surface area contributed by atoms with Crippen LogP contribution in [0.1, 0.15) is 19.8 Å². The molecule has 2 aliphatic rings. The SMILES string of the molecule is CC1(OCCN2CCC(C(F)(F)F)CC2)CNC1. The number of piperidine rings is 1. The fourth-order valence-corrected chi connectivity index (χ4v) is 2.48. The number of halogens is 3. The highest BCUT2D eigenvalue weighted by Crippen LogP contribution is 2.33. The Morgan fingerprint density at radius 1 is 1.28 bits per heavy atom. The Labute approximate surface area is 106 Å². The molecule has 0 atom stereocenters. The second kappa shape index (κ2) is 5.35. The molecule has 6 heteroatoms. The van der Waals surface area contributed by atoms with Gasteiger partial charge in [-0.3, -0.25) is 0 Å². The summed E-state index contributed by atoms with van der Waals surface area (Å²) in [6.45, 7) is 6.19. The van der Waals surface area contributed by atoms with Gasteiger partial charge in [-0.1, -0.05) is 0 Å². The molecule has 3 nitrogen and oxygen atoms in total. The Hall–Kier alpha value is -0.330. The molecule has 0 radical (unpaired) electrons. The van der Waals surface area contributed by atoms with E-state index >= 15 is 0 Å². The molecule has 0 spiro atoms. The van der Waals surface area contributed by atoms with Crippen molar-refractivity contribution < 1.29 is 17.9 Å². The van der Waals surface area contributed by atoms with E-state index in [0.29, 0.717) is 19.7 Å². The van der Waals surface area contributed by atoms with Crippen LogP contribution >= 0.6 is 0 Å². The molecule has 2 rings (SSSR count). The summed E-state index contributed by atoms with van der Waals surface area (Å²) in [6.07, 6.45) is -3.57. The fraction of sp³-hybridized carbons (Fsp3) is 1.00. The molecular weight excluding hydrogens is 245 g/mol. The summed E-state index contributed by atoms with van der Waals surface area (Å²) in [5, 5.41) is 3.15. The summed E-state index contributed by atoms with van der Waals surface area (Å²) < 4.78 is 43.2. The van der Waals surface area contributed by atoms with Crippen molar-refractivity contribution in [1.82, 2.24) is 10.2 Å². The van der Waals surface area contributed by atoms with Crippen molar-refractivity contribution in [1.29, 1.82) is 0 Å². The molecule has 18 heavy (non-hydrogen) atoms. The molecule has 0 aromatic heterocycles. The van der Waals surface area contributed by atoms with Crippen molar-refractivity contribution in [2.45, 2.75) is 31.5 Å². The van der Waals surface area contributed by atoms with Crippen LogP contribution in [0.2, 0.25) is 0 Å². The van der Waals surface area contributed by atoms with E-state index < -0.39 is 12.1 Å². The molecule has 2 aliphatic heterocycles. The molecule has 1 N–H and O–H groups in total. The zero-order chi connectivity index (χ0) is 13.2. The zero-order valence-corrected chi connectivity index (χ0v) is 10.7. The highest BCUT2D eigenvalue weighted by atomic mass is 19.4. The maximum absolute atomic E-state index is 12.5. The van der Waals surface area contributed by atoms with Gasteiger partial charge in [0, 0.05) is 19.6 Å². The zero-order valence-electron chi connectivity index (χ0n) is 10.7. The van der Waals surface area contributed by atoms with Crippen LogP contribution in [0.3, 0.4) is 0 Å². The third kappa shape index (κ3) is 3.59. The van der Waals surface area contributed by atoms with Crippen LogP contribution in [0.4, 0.5) is 13.2 Å². The van der Waals surface area contributed by atoms with Gasteiger partial charge in [0.1, 0.15) is 0 Å². The summed E-state index contributed by atoms with van der Waals surface area (Å²) in [4.78, 5) is 2.07. The summed E-state index contributed by atoms with van der Waals surface area (Å²) in [5.74, 6) is -1.11. The minimum atomic E-state index is -4.02. The van der Waals surface area contributed by atoms with Crippen molar-refractivity contribution in [3.8, 4) is 0 Å². The molecule has 106 valence electrons. The van der Waals surface area contributed by atoms with Gasteiger partial charge in [-0.15, -0.1) is 0 Å². The van der Waals surface area contributed by atoms with Gasteiger partial charge in [0.15, 0.2) is 0 Å². The largest absolute Gasteiger partial charge is 0.391 e. The monoisotopic (exact) mass is 266 g/mol. The highest BCUT2D eigenvalue weighted by molar-refractivity contribution is 4.90. The van der Waals surface area contributed by atoms with Gasteiger partial charge in [-0.05, 0) is 32.9 Å². The van der Waals surface area contributed by atoms with Crippen molar-refractivity contribution in [3.63, 3.8) is 0 Å². The van der Waals surface area contributed by atoms with Gasteiger partial charge in [-0.2, -0.15) is 13.2 Å². The standard InChI is InChI=1S/C12H21F3N2O/c1-11(8-16-9-11)18-7-6-17-4-2-10(3-5-17)12(13,14)15/h10,16H,2-9H2,1H3. The lowest BCUT2D eigenvalue weighted by Gasteiger charge is -2.40. The number of alkyl halides is 3. The lowest BCUT2D eigenvalue weighted by atomic mass is 9.96. The van der Waals surface area contributed by atoms with Crippen LogP contribution in [-0.4, -0.2) is 56.0 Å². The first-order valence-electron chi connectivity index (χ1n) is 6.53. The Morgan fingerprint density at radius 3 is 2.33 bits per heavy atom. The third-order valence-electron chi connectivity index (χ3n) is 3.91. The average Bonchev–Trinajstić information content (AvgIpc) is 2.26.